The first-order valence-corrected chi connectivity index (χ1v) is 7.42. The van der Waals surface area contributed by atoms with Gasteiger partial charge in [-0.1, -0.05) is 28.1 Å². The first-order chi connectivity index (χ1) is 9.10. The molecule has 2 aromatic rings. The van der Waals surface area contributed by atoms with Gasteiger partial charge in [-0.25, -0.2) is 4.98 Å². The Morgan fingerprint density at radius 3 is 2.68 bits per heavy atom. The van der Waals surface area contributed by atoms with Gasteiger partial charge in [0.05, 0.1) is 0 Å². The standard InChI is InChI=1S/C13H14BrN3OS/c1-17(7-9-2-4-10(14)5-3-9)13(18)11-8-19-12(6-15)16-11/h2-5,8H,6-7,15H2,1H3. The Hall–Kier alpha value is -1.24. The number of carbonyl (C=O) groups excluding carboxylic acids is 1. The molecule has 0 aliphatic heterocycles. The maximum absolute atomic E-state index is 12.2. The Kier molecular flexibility index (Phi) is 4.68. The zero-order valence-corrected chi connectivity index (χ0v) is 12.9. The second-order valence-corrected chi connectivity index (χ2v) is 5.98. The Bertz CT molecular complexity index is 568. The molecule has 1 aromatic heterocycles. The van der Waals surface area contributed by atoms with E-state index in [0.717, 1.165) is 15.0 Å². The molecule has 0 unspecified atom stereocenters. The van der Waals surface area contributed by atoms with Crippen molar-refractivity contribution in [2.75, 3.05) is 7.05 Å². The molecule has 0 spiro atoms. The molecule has 0 aliphatic rings. The number of aromatic nitrogens is 1. The van der Waals surface area contributed by atoms with Crippen molar-refractivity contribution in [1.82, 2.24) is 9.88 Å². The second-order valence-electron chi connectivity index (χ2n) is 4.12. The number of halogens is 1. The van der Waals surface area contributed by atoms with Crippen LogP contribution in [0.3, 0.4) is 0 Å². The maximum atomic E-state index is 12.2. The van der Waals surface area contributed by atoms with Gasteiger partial charge < -0.3 is 10.6 Å². The summed E-state index contributed by atoms with van der Waals surface area (Å²) < 4.78 is 1.03. The van der Waals surface area contributed by atoms with Crippen molar-refractivity contribution >= 4 is 33.2 Å². The largest absolute Gasteiger partial charge is 0.336 e. The number of rotatable bonds is 4. The summed E-state index contributed by atoms with van der Waals surface area (Å²) in [6, 6.07) is 7.90. The van der Waals surface area contributed by atoms with E-state index in [1.54, 1.807) is 17.3 Å². The third kappa shape index (κ3) is 3.62. The SMILES string of the molecule is CN(Cc1ccc(Br)cc1)C(=O)c1csc(CN)n1. The molecule has 4 nitrogen and oxygen atoms in total. The molecule has 2 rings (SSSR count). The minimum Gasteiger partial charge on any atom is -0.336 e. The van der Waals surface area contributed by atoms with Crippen molar-refractivity contribution in [3.8, 4) is 0 Å². The fourth-order valence-electron chi connectivity index (χ4n) is 1.63. The highest BCUT2D eigenvalue weighted by molar-refractivity contribution is 9.10. The number of benzene rings is 1. The lowest BCUT2D eigenvalue weighted by Crippen LogP contribution is -2.26. The molecule has 1 amide bonds. The smallest absolute Gasteiger partial charge is 0.273 e. The molecule has 1 aromatic carbocycles. The predicted octanol–water partition coefficient (Wildman–Crippen LogP) is 2.64. The number of carbonyl (C=O) groups is 1. The summed E-state index contributed by atoms with van der Waals surface area (Å²) in [5, 5.41) is 2.53. The number of hydrogen-bond donors (Lipinski definition) is 1. The van der Waals surface area contributed by atoms with Gasteiger partial charge in [0.25, 0.3) is 5.91 Å². The average Bonchev–Trinajstić information content (AvgIpc) is 2.89. The number of amides is 1. The number of nitrogens with zero attached hydrogens (tertiary/aromatic N) is 2. The van der Waals surface area contributed by atoms with E-state index in [4.69, 9.17) is 5.73 Å². The topological polar surface area (TPSA) is 59.2 Å². The van der Waals surface area contributed by atoms with Crippen molar-refractivity contribution in [3.63, 3.8) is 0 Å². The van der Waals surface area contributed by atoms with Crippen LogP contribution in [0.2, 0.25) is 0 Å². The summed E-state index contributed by atoms with van der Waals surface area (Å²) in [5.74, 6) is -0.0844. The summed E-state index contributed by atoms with van der Waals surface area (Å²) in [6.45, 7) is 0.927. The molecular formula is C13H14BrN3OS. The van der Waals surface area contributed by atoms with E-state index in [-0.39, 0.29) is 5.91 Å². The summed E-state index contributed by atoms with van der Waals surface area (Å²) in [4.78, 5) is 18.0. The van der Waals surface area contributed by atoms with E-state index in [9.17, 15) is 4.79 Å². The molecule has 0 radical (unpaired) electrons. The molecule has 0 aliphatic carbocycles. The minimum atomic E-state index is -0.0844. The first-order valence-electron chi connectivity index (χ1n) is 5.74. The second kappa shape index (κ2) is 6.27. The van der Waals surface area contributed by atoms with Gasteiger partial charge >= 0.3 is 0 Å². The van der Waals surface area contributed by atoms with Crippen LogP contribution in [0.5, 0.6) is 0 Å². The van der Waals surface area contributed by atoms with Crippen LogP contribution in [-0.2, 0) is 13.1 Å². The molecule has 100 valence electrons. The van der Waals surface area contributed by atoms with Crippen molar-refractivity contribution in [2.24, 2.45) is 5.73 Å². The molecule has 1 heterocycles. The van der Waals surface area contributed by atoms with Crippen LogP contribution < -0.4 is 5.73 Å². The Labute approximate surface area is 124 Å². The zero-order chi connectivity index (χ0) is 13.8. The predicted molar refractivity (Wildman–Crippen MR) is 79.9 cm³/mol. The molecule has 0 saturated heterocycles. The Morgan fingerprint density at radius 2 is 2.11 bits per heavy atom. The van der Waals surface area contributed by atoms with E-state index >= 15 is 0 Å². The fraction of sp³-hybridized carbons (Fsp3) is 0.231. The first kappa shape index (κ1) is 14.2. The van der Waals surface area contributed by atoms with E-state index in [0.29, 0.717) is 18.8 Å². The van der Waals surface area contributed by atoms with E-state index in [1.165, 1.54) is 11.3 Å². The molecule has 6 heteroatoms. The van der Waals surface area contributed by atoms with Crippen molar-refractivity contribution in [3.05, 3.63) is 50.4 Å². The van der Waals surface area contributed by atoms with Crippen LogP contribution in [0.1, 0.15) is 21.1 Å². The molecule has 0 saturated carbocycles. The van der Waals surface area contributed by atoms with Gasteiger partial charge in [0.2, 0.25) is 0 Å². The van der Waals surface area contributed by atoms with Crippen molar-refractivity contribution in [2.45, 2.75) is 13.1 Å². The fourth-order valence-corrected chi connectivity index (χ4v) is 2.55. The summed E-state index contributed by atoms with van der Waals surface area (Å²) in [5.41, 5.74) is 7.04. The van der Waals surface area contributed by atoms with Gasteiger partial charge in [-0.2, -0.15) is 0 Å². The van der Waals surface area contributed by atoms with E-state index in [2.05, 4.69) is 20.9 Å². The molecule has 2 N–H and O–H groups in total. The van der Waals surface area contributed by atoms with Gasteiger partial charge in [-0.3, -0.25) is 4.79 Å². The highest BCUT2D eigenvalue weighted by Crippen LogP contribution is 2.14. The monoisotopic (exact) mass is 339 g/mol. The van der Waals surface area contributed by atoms with E-state index < -0.39 is 0 Å². The summed E-state index contributed by atoms with van der Waals surface area (Å²) in [7, 11) is 1.77. The van der Waals surface area contributed by atoms with Crippen LogP contribution >= 0.6 is 27.3 Å². The van der Waals surface area contributed by atoms with Gasteiger partial charge in [-0.15, -0.1) is 11.3 Å². The van der Waals surface area contributed by atoms with Crippen LogP contribution in [0, 0.1) is 0 Å². The highest BCUT2D eigenvalue weighted by atomic mass is 79.9. The van der Waals surface area contributed by atoms with Gasteiger partial charge in [-0.05, 0) is 17.7 Å². The molecule has 0 bridgehead atoms. The Balaban J connectivity index is 2.04. The van der Waals surface area contributed by atoms with Crippen molar-refractivity contribution < 1.29 is 4.79 Å². The molecule has 0 atom stereocenters. The highest BCUT2D eigenvalue weighted by Gasteiger charge is 2.15. The summed E-state index contributed by atoms with van der Waals surface area (Å²) in [6.07, 6.45) is 0. The third-order valence-corrected chi connectivity index (χ3v) is 4.02. The summed E-state index contributed by atoms with van der Waals surface area (Å²) >= 11 is 4.80. The van der Waals surface area contributed by atoms with Crippen LogP contribution in [0.15, 0.2) is 34.1 Å². The van der Waals surface area contributed by atoms with Gasteiger partial charge in [0.1, 0.15) is 10.7 Å². The van der Waals surface area contributed by atoms with E-state index in [1.807, 2.05) is 24.3 Å². The van der Waals surface area contributed by atoms with Crippen LogP contribution in [-0.4, -0.2) is 22.8 Å². The Morgan fingerprint density at radius 1 is 1.42 bits per heavy atom. The minimum absolute atomic E-state index is 0.0844. The molecule has 19 heavy (non-hydrogen) atoms. The normalized spacial score (nSPS) is 10.5. The van der Waals surface area contributed by atoms with Gasteiger partial charge in [0, 0.05) is 30.0 Å². The lowest BCUT2D eigenvalue weighted by molar-refractivity contribution is 0.0780. The lowest BCUT2D eigenvalue weighted by atomic mass is 10.2. The average molecular weight is 340 g/mol. The zero-order valence-electron chi connectivity index (χ0n) is 10.5. The number of thiazole rings is 1. The molecular weight excluding hydrogens is 326 g/mol. The quantitative estimate of drug-likeness (QED) is 0.931. The number of hydrogen-bond acceptors (Lipinski definition) is 4. The third-order valence-electron chi connectivity index (χ3n) is 2.63. The molecule has 0 fully saturated rings. The van der Waals surface area contributed by atoms with Crippen LogP contribution in [0.4, 0.5) is 0 Å². The van der Waals surface area contributed by atoms with Gasteiger partial charge in [0.15, 0.2) is 0 Å². The lowest BCUT2D eigenvalue weighted by Gasteiger charge is -2.16. The van der Waals surface area contributed by atoms with Crippen LogP contribution in [0.25, 0.3) is 0 Å². The van der Waals surface area contributed by atoms with Crippen molar-refractivity contribution in [1.29, 1.82) is 0 Å². The maximum Gasteiger partial charge on any atom is 0.273 e. The number of nitrogens with two attached hydrogens (primary N) is 1.